The number of benzene rings is 2. The molecule has 0 amide bonds. The van der Waals surface area contributed by atoms with Crippen LogP contribution in [0.15, 0.2) is 60.8 Å². The summed E-state index contributed by atoms with van der Waals surface area (Å²) in [5.74, 6) is -0.281. The molecule has 25 heavy (non-hydrogen) atoms. The average Bonchev–Trinajstić information content (AvgIpc) is 3.10. The Bertz CT molecular complexity index is 1030. The van der Waals surface area contributed by atoms with Crippen LogP contribution in [0.1, 0.15) is 11.4 Å². The van der Waals surface area contributed by atoms with E-state index in [4.69, 9.17) is 0 Å². The zero-order valence-electron chi connectivity index (χ0n) is 13.6. The normalized spacial score (nSPS) is 11.0. The number of pyridine rings is 1. The van der Waals surface area contributed by atoms with E-state index < -0.39 is 0 Å². The standard InChI is InChI=1S/C19H16FN5/c1-13-9-19(17-10-14(20)7-8-18(17)22-13)21-11-15-12-25(24-23-15)16-5-3-2-4-6-16/h2-10,12H,11H2,1H3,(H,21,22). The highest BCUT2D eigenvalue weighted by atomic mass is 19.1. The highest BCUT2D eigenvalue weighted by molar-refractivity contribution is 5.91. The van der Waals surface area contributed by atoms with Crippen molar-refractivity contribution in [2.75, 3.05) is 5.32 Å². The van der Waals surface area contributed by atoms with Crippen LogP contribution < -0.4 is 5.32 Å². The van der Waals surface area contributed by atoms with Crippen LogP contribution in [0.25, 0.3) is 16.6 Å². The highest BCUT2D eigenvalue weighted by Crippen LogP contribution is 2.24. The van der Waals surface area contributed by atoms with Crippen molar-refractivity contribution in [3.8, 4) is 5.69 Å². The van der Waals surface area contributed by atoms with Gasteiger partial charge in [0.25, 0.3) is 0 Å². The van der Waals surface area contributed by atoms with Gasteiger partial charge in [-0.05, 0) is 43.3 Å². The van der Waals surface area contributed by atoms with Crippen molar-refractivity contribution in [2.24, 2.45) is 0 Å². The van der Waals surface area contributed by atoms with Gasteiger partial charge in [-0.1, -0.05) is 23.4 Å². The molecule has 0 unspecified atom stereocenters. The first-order chi connectivity index (χ1) is 12.2. The van der Waals surface area contributed by atoms with Gasteiger partial charge in [0.1, 0.15) is 11.5 Å². The second kappa shape index (κ2) is 6.32. The van der Waals surface area contributed by atoms with Gasteiger partial charge in [0.15, 0.2) is 0 Å². The third-order valence-corrected chi connectivity index (χ3v) is 3.92. The second-order valence-electron chi connectivity index (χ2n) is 5.82. The molecule has 2 heterocycles. The molecular weight excluding hydrogens is 317 g/mol. The molecule has 1 N–H and O–H groups in total. The Hall–Kier alpha value is -3.28. The number of nitrogens with zero attached hydrogens (tertiary/aromatic N) is 4. The lowest BCUT2D eigenvalue weighted by Crippen LogP contribution is -2.02. The minimum Gasteiger partial charge on any atom is -0.379 e. The lowest BCUT2D eigenvalue weighted by Gasteiger charge is -2.09. The first-order valence-corrected chi connectivity index (χ1v) is 7.96. The monoisotopic (exact) mass is 333 g/mol. The van der Waals surface area contributed by atoms with Gasteiger partial charge in [-0.15, -0.1) is 5.10 Å². The average molecular weight is 333 g/mol. The number of para-hydroxylation sites is 1. The van der Waals surface area contributed by atoms with Crippen molar-refractivity contribution in [1.29, 1.82) is 0 Å². The van der Waals surface area contributed by atoms with E-state index in [0.717, 1.165) is 33.7 Å². The quantitative estimate of drug-likeness (QED) is 0.616. The number of hydrogen-bond donors (Lipinski definition) is 1. The predicted octanol–water partition coefficient (Wildman–Crippen LogP) is 3.88. The summed E-state index contributed by atoms with van der Waals surface area (Å²) in [6, 6.07) is 16.3. The zero-order valence-corrected chi connectivity index (χ0v) is 13.6. The smallest absolute Gasteiger partial charge is 0.124 e. The molecule has 0 aliphatic carbocycles. The Morgan fingerprint density at radius 3 is 2.76 bits per heavy atom. The molecule has 2 aromatic carbocycles. The van der Waals surface area contributed by atoms with E-state index in [2.05, 4.69) is 20.6 Å². The van der Waals surface area contributed by atoms with Gasteiger partial charge in [0.2, 0.25) is 0 Å². The molecule has 0 atom stereocenters. The second-order valence-corrected chi connectivity index (χ2v) is 5.82. The lowest BCUT2D eigenvalue weighted by atomic mass is 10.1. The van der Waals surface area contributed by atoms with Crippen LogP contribution in [0.3, 0.4) is 0 Å². The van der Waals surface area contributed by atoms with E-state index in [1.165, 1.54) is 12.1 Å². The summed E-state index contributed by atoms with van der Waals surface area (Å²) in [6.07, 6.45) is 1.87. The zero-order chi connectivity index (χ0) is 17.2. The van der Waals surface area contributed by atoms with Crippen LogP contribution in [0.5, 0.6) is 0 Å². The Morgan fingerprint density at radius 1 is 1.08 bits per heavy atom. The number of rotatable bonds is 4. The number of nitrogens with one attached hydrogen (secondary N) is 1. The molecule has 6 heteroatoms. The van der Waals surface area contributed by atoms with Gasteiger partial charge >= 0.3 is 0 Å². The van der Waals surface area contributed by atoms with E-state index in [1.807, 2.05) is 49.5 Å². The van der Waals surface area contributed by atoms with Crippen molar-refractivity contribution < 1.29 is 4.39 Å². The maximum absolute atomic E-state index is 13.6. The van der Waals surface area contributed by atoms with Gasteiger partial charge in [-0.2, -0.15) is 0 Å². The highest BCUT2D eigenvalue weighted by Gasteiger charge is 2.07. The Kier molecular flexibility index (Phi) is 3.85. The predicted molar refractivity (Wildman–Crippen MR) is 95.1 cm³/mol. The fourth-order valence-electron chi connectivity index (χ4n) is 2.75. The minimum absolute atomic E-state index is 0.281. The fourth-order valence-corrected chi connectivity index (χ4v) is 2.75. The SMILES string of the molecule is Cc1cc(NCc2cn(-c3ccccc3)nn2)c2cc(F)ccc2n1. The summed E-state index contributed by atoms with van der Waals surface area (Å²) < 4.78 is 15.3. The third-order valence-electron chi connectivity index (χ3n) is 3.92. The van der Waals surface area contributed by atoms with Crippen molar-refractivity contribution in [1.82, 2.24) is 20.0 Å². The third kappa shape index (κ3) is 3.19. The van der Waals surface area contributed by atoms with Crippen molar-refractivity contribution in [3.63, 3.8) is 0 Å². The summed E-state index contributed by atoms with van der Waals surface area (Å²) in [5.41, 5.74) is 4.21. The maximum Gasteiger partial charge on any atom is 0.124 e. The van der Waals surface area contributed by atoms with Crippen molar-refractivity contribution in [2.45, 2.75) is 13.5 Å². The van der Waals surface area contributed by atoms with Gasteiger partial charge < -0.3 is 5.32 Å². The molecule has 0 saturated carbocycles. The molecule has 2 aromatic heterocycles. The minimum atomic E-state index is -0.281. The van der Waals surface area contributed by atoms with Gasteiger partial charge in [0.05, 0.1) is 23.9 Å². The number of fused-ring (bicyclic) bond motifs is 1. The largest absolute Gasteiger partial charge is 0.379 e. The summed E-state index contributed by atoms with van der Waals surface area (Å²) in [5, 5.41) is 12.4. The van der Waals surface area contributed by atoms with Crippen LogP contribution in [-0.2, 0) is 6.54 Å². The van der Waals surface area contributed by atoms with Crippen LogP contribution in [-0.4, -0.2) is 20.0 Å². The molecule has 4 rings (SSSR count). The Balaban J connectivity index is 1.59. The molecule has 0 aliphatic rings. The fraction of sp³-hybridized carbons (Fsp3) is 0.105. The van der Waals surface area contributed by atoms with Gasteiger partial charge in [-0.25, -0.2) is 9.07 Å². The van der Waals surface area contributed by atoms with E-state index in [9.17, 15) is 4.39 Å². The molecule has 4 aromatic rings. The Morgan fingerprint density at radius 2 is 1.92 bits per heavy atom. The first kappa shape index (κ1) is 15.3. The van der Waals surface area contributed by atoms with E-state index in [1.54, 1.807) is 10.7 Å². The molecule has 5 nitrogen and oxygen atoms in total. The number of aromatic nitrogens is 4. The summed E-state index contributed by atoms with van der Waals surface area (Å²) in [4.78, 5) is 4.44. The van der Waals surface area contributed by atoms with Crippen molar-refractivity contribution in [3.05, 3.63) is 78.0 Å². The van der Waals surface area contributed by atoms with Crippen LogP contribution in [0.4, 0.5) is 10.1 Å². The van der Waals surface area contributed by atoms with Gasteiger partial charge in [-0.3, -0.25) is 4.98 Å². The number of anilines is 1. The van der Waals surface area contributed by atoms with E-state index in [-0.39, 0.29) is 5.82 Å². The molecule has 0 spiro atoms. The lowest BCUT2D eigenvalue weighted by molar-refractivity contribution is 0.629. The van der Waals surface area contributed by atoms with Crippen molar-refractivity contribution >= 4 is 16.6 Å². The first-order valence-electron chi connectivity index (χ1n) is 7.96. The molecule has 0 fully saturated rings. The molecule has 124 valence electrons. The molecular formula is C19H16FN5. The van der Waals surface area contributed by atoms with Crippen LogP contribution in [0.2, 0.25) is 0 Å². The maximum atomic E-state index is 13.6. The van der Waals surface area contributed by atoms with Crippen LogP contribution >= 0.6 is 0 Å². The number of hydrogen-bond acceptors (Lipinski definition) is 4. The van der Waals surface area contributed by atoms with Crippen LogP contribution in [0, 0.1) is 12.7 Å². The summed E-state index contributed by atoms with van der Waals surface area (Å²) in [6.45, 7) is 2.40. The number of halogens is 1. The van der Waals surface area contributed by atoms with E-state index >= 15 is 0 Å². The van der Waals surface area contributed by atoms with E-state index in [0.29, 0.717) is 6.54 Å². The number of aryl methyl sites for hydroxylation is 1. The Labute approximate surface area is 144 Å². The molecule has 0 bridgehead atoms. The molecule has 0 saturated heterocycles. The van der Waals surface area contributed by atoms with Gasteiger partial charge in [0, 0.05) is 16.8 Å². The molecule has 0 aliphatic heterocycles. The topological polar surface area (TPSA) is 55.6 Å². The summed E-state index contributed by atoms with van der Waals surface area (Å²) in [7, 11) is 0. The summed E-state index contributed by atoms with van der Waals surface area (Å²) >= 11 is 0. The molecule has 0 radical (unpaired) electrons.